The van der Waals surface area contributed by atoms with E-state index < -0.39 is 0 Å². The number of benzene rings is 1. The number of hydrogen-bond acceptors (Lipinski definition) is 3. The van der Waals surface area contributed by atoms with Gasteiger partial charge >= 0.3 is 0 Å². The molecule has 1 saturated heterocycles. The highest BCUT2D eigenvalue weighted by atomic mass is 35.5. The molecule has 1 aliphatic heterocycles. The maximum Gasteiger partial charge on any atom is 0.230 e. The van der Waals surface area contributed by atoms with Crippen LogP contribution in [0.15, 0.2) is 24.3 Å². The zero-order chi connectivity index (χ0) is 13.3. The Hall–Kier alpha value is -1.26. The van der Waals surface area contributed by atoms with Gasteiger partial charge in [0.15, 0.2) is 0 Å². The third-order valence-corrected chi connectivity index (χ3v) is 4.22. The zero-order valence-corrected chi connectivity index (χ0v) is 12.5. The summed E-state index contributed by atoms with van der Waals surface area (Å²) in [5, 5.41) is 6.32. The van der Waals surface area contributed by atoms with Gasteiger partial charge in [-0.25, -0.2) is 0 Å². The number of nitrogens with one attached hydrogen (secondary N) is 2. The number of methoxy groups -OCH3 is 1. The first-order valence-electron chi connectivity index (χ1n) is 6.89. The maximum absolute atomic E-state index is 12.5. The summed E-state index contributed by atoms with van der Waals surface area (Å²) in [5.74, 6) is 1.57. The third kappa shape index (κ3) is 2.63. The molecule has 1 saturated carbocycles. The van der Waals surface area contributed by atoms with Gasteiger partial charge in [-0.15, -0.1) is 12.4 Å². The fourth-order valence-corrected chi connectivity index (χ4v) is 2.68. The summed E-state index contributed by atoms with van der Waals surface area (Å²) in [5.41, 5.74) is 0.686. The summed E-state index contributed by atoms with van der Waals surface area (Å²) in [6, 6.07) is 7.85. The molecule has 0 unspecified atom stereocenters. The van der Waals surface area contributed by atoms with E-state index in [2.05, 4.69) is 10.6 Å². The first kappa shape index (κ1) is 15.1. The number of halogens is 1. The number of ether oxygens (including phenoxy) is 1. The molecule has 2 fully saturated rings. The molecule has 0 atom stereocenters. The van der Waals surface area contributed by atoms with Gasteiger partial charge in [0.25, 0.3) is 0 Å². The van der Waals surface area contributed by atoms with Gasteiger partial charge in [-0.1, -0.05) is 18.2 Å². The van der Waals surface area contributed by atoms with Crippen LogP contribution >= 0.6 is 12.4 Å². The first-order valence-corrected chi connectivity index (χ1v) is 6.89. The molecule has 20 heavy (non-hydrogen) atoms. The number of amides is 1. The van der Waals surface area contributed by atoms with Crippen molar-refractivity contribution in [2.24, 2.45) is 5.92 Å². The summed E-state index contributed by atoms with van der Waals surface area (Å²) < 4.78 is 5.39. The Labute approximate surface area is 125 Å². The van der Waals surface area contributed by atoms with Crippen LogP contribution in [0.5, 0.6) is 5.75 Å². The molecule has 0 radical (unpaired) electrons. The molecular formula is C15H21ClN2O2. The maximum atomic E-state index is 12.5. The van der Waals surface area contributed by atoms with E-state index in [9.17, 15) is 4.79 Å². The van der Waals surface area contributed by atoms with Crippen LogP contribution in [-0.2, 0) is 10.2 Å². The number of carbonyl (C=O) groups excluding carboxylic acids is 1. The van der Waals surface area contributed by atoms with Gasteiger partial charge in [0.1, 0.15) is 5.75 Å². The third-order valence-electron chi connectivity index (χ3n) is 4.22. The summed E-state index contributed by atoms with van der Waals surface area (Å²) in [7, 11) is 1.66. The highest BCUT2D eigenvalue weighted by molar-refractivity contribution is 5.92. The normalized spacial score (nSPS) is 19.4. The van der Waals surface area contributed by atoms with Gasteiger partial charge in [0, 0.05) is 31.1 Å². The summed E-state index contributed by atoms with van der Waals surface area (Å²) in [6.07, 6.45) is 1.84. The van der Waals surface area contributed by atoms with E-state index in [0.717, 1.165) is 43.8 Å². The Balaban J connectivity index is 0.00000147. The Morgan fingerprint density at radius 1 is 1.40 bits per heavy atom. The molecule has 1 amide bonds. The van der Waals surface area contributed by atoms with Gasteiger partial charge < -0.3 is 15.4 Å². The topological polar surface area (TPSA) is 50.4 Å². The van der Waals surface area contributed by atoms with Crippen LogP contribution in [0.25, 0.3) is 0 Å². The fourth-order valence-electron chi connectivity index (χ4n) is 2.68. The molecule has 2 N–H and O–H groups in total. The van der Waals surface area contributed by atoms with E-state index in [0.29, 0.717) is 5.92 Å². The van der Waals surface area contributed by atoms with Crippen molar-refractivity contribution in [1.29, 1.82) is 0 Å². The van der Waals surface area contributed by atoms with Gasteiger partial charge in [-0.05, 0) is 18.9 Å². The highest BCUT2D eigenvalue weighted by Crippen LogP contribution is 2.51. The molecule has 0 spiro atoms. The molecule has 3 rings (SSSR count). The number of para-hydroxylation sites is 1. The monoisotopic (exact) mass is 296 g/mol. The molecule has 1 aromatic rings. The van der Waals surface area contributed by atoms with Gasteiger partial charge in [-0.2, -0.15) is 0 Å². The van der Waals surface area contributed by atoms with Crippen molar-refractivity contribution in [1.82, 2.24) is 10.6 Å². The highest BCUT2D eigenvalue weighted by Gasteiger charge is 2.52. The summed E-state index contributed by atoms with van der Waals surface area (Å²) in [6.45, 7) is 2.81. The predicted molar refractivity (Wildman–Crippen MR) is 80.5 cm³/mol. The van der Waals surface area contributed by atoms with Crippen molar-refractivity contribution in [3.63, 3.8) is 0 Å². The molecule has 1 aromatic carbocycles. The largest absolute Gasteiger partial charge is 0.496 e. The number of carbonyl (C=O) groups is 1. The summed E-state index contributed by atoms with van der Waals surface area (Å²) >= 11 is 0. The van der Waals surface area contributed by atoms with Gasteiger partial charge in [0.2, 0.25) is 5.91 Å². The van der Waals surface area contributed by atoms with Crippen molar-refractivity contribution in [2.75, 3.05) is 26.7 Å². The Morgan fingerprint density at radius 3 is 2.65 bits per heavy atom. The SMILES string of the molecule is COc1ccccc1C1(C(=O)NCC2CNC2)CC1.Cl. The lowest BCUT2D eigenvalue weighted by Gasteiger charge is -2.28. The number of hydrogen-bond donors (Lipinski definition) is 2. The van der Waals surface area contributed by atoms with E-state index in [4.69, 9.17) is 4.74 Å². The van der Waals surface area contributed by atoms with E-state index >= 15 is 0 Å². The van der Waals surface area contributed by atoms with E-state index in [1.165, 1.54) is 0 Å². The lowest BCUT2D eigenvalue weighted by Crippen LogP contribution is -2.49. The van der Waals surface area contributed by atoms with Crippen LogP contribution in [0.2, 0.25) is 0 Å². The quantitative estimate of drug-likeness (QED) is 0.865. The smallest absolute Gasteiger partial charge is 0.230 e. The molecule has 2 aliphatic rings. The van der Waals surface area contributed by atoms with E-state index in [1.54, 1.807) is 7.11 Å². The predicted octanol–water partition coefficient (Wildman–Crippen LogP) is 1.48. The lowest BCUT2D eigenvalue weighted by molar-refractivity contribution is -0.123. The summed E-state index contributed by atoms with van der Waals surface area (Å²) in [4.78, 5) is 12.5. The standard InChI is InChI=1S/C15H20N2O2.ClH/c1-19-13-5-3-2-4-12(13)15(6-7-15)14(18)17-10-11-8-16-9-11;/h2-5,11,16H,6-10H2,1H3,(H,17,18);1H. The van der Waals surface area contributed by atoms with Crippen molar-refractivity contribution < 1.29 is 9.53 Å². The Morgan fingerprint density at radius 2 is 2.10 bits per heavy atom. The van der Waals surface area contributed by atoms with Gasteiger partial charge in [0.05, 0.1) is 12.5 Å². The fraction of sp³-hybridized carbons (Fsp3) is 0.533. The average Bonchev–Trinajstić information content (AvgIpc) is 3.18. The lowest BCUT2D eigenvalue weighted by atomic mass is 9.93. The second-order valence-electron chi connectivity index (χ2n) is 5.52. The molecule has 110 valence electrons. The Kier molecular flexibility index (Phi) is 4.55. The molecule has 0 bridgehead atoms. The minimum atomic E-state index is -0.343. The second kappa shape index (κ2) is 6.02. The van der Waals surface area contributed by atoms with Crippen molar-refractivity contribution in [2.45, 2.75) is 18.3 Å². The van der Waals surface area contributed by atoms with Gasteiger partial charge in [-0.3, -0.25) is 4.79 Å². The molecule has 1 aliphatic carbocycles. The molecule has 1 heterocycles. The van der Waals surface area contributed by atoms with Crippen LogP contribution in [0.4, 0.5) is 0 Å². The van der Waals surface area contributed by atoms with Crippen LogP contribution in [0, 0.1) is 5.92 Å². The van der Waals surface area contributed by atoms with Crippen molar-refractivity contribution in [3.8, 4) is 5.75 Å². The van der Waals surface area contributed by atoms with Crippen LogP contribution < -0.4 is 15.4 Å². The van der Waals surface area contributed by atoms with Crippen LogP contribution in [0.3, 0.4) is 0 Å². The minimum Gasteiger partial charge on any atom is -0.496 e. The van der Waals surface area contributed by atoms with Crippen molar-refractivity contribution >= 4 is 18.3 Å². The molecule has 4 nitrogen and oxygen atoms in total. The van der Waals surface area contributed by atoms with Crippen molar-refractivity contribution in [3.05, 3.63) is 29.8 Å². The molecular weight excluding hydrogens is 276 g/mol. The Bertz CT molecular complexity index is 485. The van der Waals surface area contributed by atoms with Crippen LogP contribution in [-0.4, -0.2) is 32.7 Å². The number of rotatable bonds is 5. The molecule has 5 heteroatoms. The second-order valence-corrected chi connectivity index (χ2v) is 5.52. The minimum absolute atomic E-state index is 0. The first-order chi connectivity index (χ1) is 9.26. The van der Waals surface area contributed by atoms with E-state index in [-0.39, 0.29) is 23.7 Å². The van der Waals surface area contributed by atoms with E-state index in [1.807, 2.05) is 24.3 Å². The average molecular weight is 297 g/mol. The molecule has 0 aromatic heterocycles. The van der Waals surface area contributed by atoms with Crippen LogP contribution in [0.1, 0.15) is 18.4 Å². The zero-order valence-electron chi connectivity index (χ0n) is 11.6.